The zero-order valence-corrected chi connectivity index (χ0v) is 12.8. The van der Waals surface area contributed by atoms with Crippen LogP contribution in [0.2, 0.25) is 0 Å². The second-order valence-corrected chi connectivity index (χ2v) is 6.45. The molecular weight excluding hydrogens is 242 g/mol. The van der Waals surface area contributed by atoms with Crippen LogP contribution >= 0.6 is 11.8 Å². The highest BCUT2D eigenvalue weighted by Crippen LogP contribution is 2.24. The van der Waals surface area contributed by atoms with E-state index in [0.717, 1.165) is 5.75 Å². The topological polar surface area (TPSA) is 32.3 Å². The van der Waals surface area contributed by atoms with E-state index in [9.17, 15) is 5.11 Å². The summed E-state index contributed by atoms with van der Waals surface area (Å²) in [5, 5.41) is 13.2. The lowest BCUT2D eigenvalue weighted by molar-refractivity contribution is 0.196. The minimum atomic E-state index is -0.258. The molecule has 3 heteroatoms. The van der Waals surface area contributed by atoms with Crippen LogP contribution in [0.25, 0.3) is 0 Å². The number of aliphatic hydroxyl groups excluding tert-OH is 1. The highest BCUT2D eigenvalue weighted by molar-refractivity contribution is 7.99. The lowest BCUT2D eigenvalue weighted by atomic mass is 10.0. The van der Waals surface area contributed by atoms with Crippen LogP contribution in [0.5, 0.6) is 0 Å². The van der Waals surface area contributed by atoms with Gasteiger partial charge in [0.15, 0.2) is 0 Å². The molecule has 0 spiro atoms. The van der Waals surface area contributed by atoms with Crippen molar-refractivity contribution in [1.82, 2.24) is 5.32 Å². The van der Waals surface area contributed by atoms with Crippen molar-refractivity contribution in [2.45, 2.75) is 45.1 Å². The zero-order valence-electron chi connectivity index (χ0n) is 12.0. The number of thioether (sulfide) groups is 1. The Morgan fingerprint density at radius 3 is 2.17 bits per heavy atom. The fourth-order valence-corrected chi connectivity index (χ4v) is 3.08. The van der Waals surface area contributed by atoms with Crippen LogP contribution < -0.4 is 5.32 Å². The summed E-state index contributed by atoms with van der Waals surface area (Å²) in [7, 11) is 2.00. The van der Waals surface area contributed by atoms with Crippen molar-refractivity contribution in [3.8, 4) is 0 Å². The van der Waals surface area contributed by atoms with Gasteiger partial charge in [-0.05, 0) is 33.4 Å². The number of benzene rings is 1. The lowest BCUT2D eigenvalue weighted by Gasteiger charge is -2.21. The van der Waals surface area contributed by atoms with Crippen molar-refractivity contribution in [3.63, 3.8) is 0 Å². The van der Waals surface area contributed by atoms with Gasteiger partial charge >= 0.3 is 0 Å². The van der Waals surface area contributed by atoms with Crippen molar-refractivity contribution < 1.29 is 5.11 Å². The molecule has 0 saturated carbocycles. The number of hydrogen-bond acceptors (Lipinski definition) is 3. The van der Waals surface area contributed by atoms with Gasteiger partial charge in [-0.3, -0.25) is 0 Å². The molecule has 0 fully saturated rings. The van der Waals surface area contributed by atoms with E-state index >= 15 is 0 Å². The first-order chi connectivity index (χ1) is 8.43. The Balaban J connectivity index is 2.71. The first kappa shape index (κ1) is 15.5. The zero-order chi connectivity index (χ0) is 13.7. The van der Waals surface area contributed by atoms with E-state index in [-0.39, 0.29) is 11.4 Å². The van der Waals surface area contributed by atoms with Gasteiger partial charge in [-0.2, -0.15) is 11.8 Å². The summed E-state index contributed by atoms with van der Waals surface area (Å²) in [4.78, 5) is 0. The molecule has 0 saturated heterocycles. The lowest BCUT2D eigenvalue weighted by Crippen LogP contribution is -2.23. The molecular formula is C15H25NOS. The Hall–Kier alpha value is -0.510. The first-order valence-corrected chi connectivity index (χ1v) is 7.54. The van der Waals surface area contributed by atoms with E-state index in [4.69, 9.17) is 0 Å². The predicted octanol–water partition coefficient (Wildman–Crippen LogP) is 3.07. The van der Waals surface area contributed by atoms with Crippen LogP contribution in [0.15, 0.2) is 18.2 Å². The molecule has 102 valence electrons. The van der Waals surface area contributed by atoms with Crippen LogP contribution in [-0.2, 0) is 0 Å². The third kappa shape index (κ3) is 4.63. The molecule has 0 amide bonds. The molecule has 0 aliphatic heterocycles. The standard InChI is InChI=1S/C15H25NOS/c1-10-6-11(2)8-14(7-10)15(16-5)9-18-13(4)12(3)17/h6-8,12-13,15-17H,9H2,1-5H3. The summed E-state index contributed by atoms with van der Waals surface area (Å²) in [6, 6.07) is 7.01. The van der Waals surface area contributed by atoms with E-state index < -0.39 is 0 Å². The molecule has 0 aliphatic rings. The van der Waals surface area contributed by atoms with Crippen LogP contribution in [0.3, 0.4) is 0 Å². The van der Waals surface area contributed by atoms with Crippen molar-refractivity contribution in [2.24, 2.45) is 0 Å². The number of aryl methyl sites for hydroxylation is 2. The average Bonchev–Trinajstić information content (AvgIpc) is 2.28. The summed E-state index contributed by atoms with van der Waals surface area (Å²) in [5.41, 5.74) is 3.94. The Morgan fingerprint density at radius 1 is 1.17 bits per heavy atom. The van der Waals surface area contributed by atoms with E-state index in [1.165, 1.54) is 16.7 Å². The Bertz CT molecular complexity index is 359. The largest absolute Gasteiger partial charge is 0.392 e. The Morgan fingerprint density at radius 2 is 1.72 bits per heavy atom. The molecule has 1 rings (SSSR count). The molecule has 3 atom stereocenters. The Labute approximate surface area is 115 Å². The van der Waals surface area contributed by atoms with E-state index in [2.05, 4.69) is 44.3 Å². The summed E-state index contributed by atoms with van der Waals surface area (Å²) in [6.45, 7) is 8.19. The fraction of sp³-hybridized carbons (Fsp3) is 0.600. The highest BCUT2D eigenvalue weighted by atomic mass is 32.2. The molecule has 0 aliphatic carbocycles. The van der Waals surface area contributed by atoms with Gasteiger partial charge in [-0.1, -0.05) is 36.2 Å². The van der Waals surface area contributed by atoms with Gasteiger partial charge in [-0.25, -0.2) is 0 Å². The third-order valence-corrected chi connectivity index (χ3v) is 4.65. The molecule has 1 aromatic carbocycles. The van der Waals surface area contributed by atoms with Crippen molar-refractivity contribution in [2.75, 3.05) is 12.8 Å². The van der Waals surface area contributed by atoms with Crippen LogP contribution in [-0.4, -0.2) is 29.3 Å². The highest BCUT2D eigenvalue weighted by Gasteiger charge is 2.15. The van der Waals surface area contributed by atoms with Gasteiger partial charge < -0.3 is 10.4 Å². The molecule has 0 bridgehead atoms. The van der Waals surface area contributed by atoms with Crippen molar-refractivity contribution >= 4 is 11.8 Å². The predicted molar refractivity (Wildman–Crippen MR) is 81.3 cm³/mol. The van der Waals surface area contributed by atoms with Crippen molar-refractivity contribution in [1.29, 1.82) is 0 Å². The SMILES string of the molecule is CNC(CSC(C)C(C)O)c1cc(C)cc(C)c1. The summed E-state index contributed by atoms with van der Waals surface area (Å²) in [5.74, 6) is 0.978. The second-order valence-electron chi connectivity index (χ2n) is 5.04. The van der Waals surface area contributed by atoms with Gasteiger partial charge in [0.05, 0.1) is 6.10 Å². The quantitative estimate of drug-likeness (QED) is 0.831. The van der Waals surface area contributed by atoms with Gasteiger partial charge in [0.1, 0.15) is 0 Å². The van der Waals surface area contributed by atoms with Gasteiger partial charge in [0.25, 0.3) is 0 Å². The van der Waals surface area contributed by atoms with Gasteiger partial charge in [-0.15, -0.1) is 0 Å². The average molecular weight is 267 g/mol. The monoisotopic (exact) mass is 267 g/mol. The fourth-order valence-electron chi connectivity index (χ4n) is 1.94. The smallest absolute Gasteiger partial charge is 0.0628 e. The van der Waals surface area contributed by atoms with Crippen LogP contribution in [0.1, 0.15) is 36.6 Å². The Kier molecular flexibility index (Phi) is 6.19. The van der Waals surface area contributed by atoms with Gasteiger partial charge in [0, 0.05) is 17.0 Å². The van der Waals surface area contributed by atoms with Crippen molar-refractivity contribution in [3.05, 3.63) is 34.9 Å². The van der Waals surface area contributed by atoms with Gasteiger partial charge in [0.2, 0.25) is 0 Å². The summed E-state index contributed by atoms with van der Waals surface area (Å²) < 4.78 is 0. The maximum atomic E-state index is 9.52. The number of hydrogen-bond donors (Lipinski definition) is 2. The number of nitrogens with one attached hydrogen (secondary N) is 1. The minimum absolute atomic E-state index is 0.258. The minimum Gasteiger partial charge on any atom is -0.392 e. The van der Waals surface area contributed by atoms with Crippen LogP contribution in [0.4, 0.5) is 0 Å². The molecule has 2 N–H and O–H groups in total. The number of aliphatic hydroxyl groups is 1. The maximum Gasteiger partial charge on any atom is 0.0628 e. The molecule has 3 unspecified atom stereocenters. The third-order valence-electron chi connectivity index (χ3n) is 3.20. The first-order valence-electron chi connectivity index (χ1n) is 6.49. The molecule has 0 aromatic heterocycles. The summed E-state index contributed by atoms with van der Waals surface area (Å²) >= 11 is 1.81. The molecule has 2 nitrogen and oxygen atoms in total. The van der Waals surface area contributed by atoms with Crippen LogP contribution in [0, 0.1) is 13.8 Å². The molecule has 1 aromatic rings. The van der Waals surface area contributed by atoms with E-state index in [1.807, 2.05) is 25.7 Å². The summed E-state index contributed by atoms with van der Waals surface area (Å²) in [6.07, 6.45) is -0.258. The molecule has 0 radical (unpaired) electrons. The maximum absolute atomic E-state index is 9.52. The molecule has 18 heavy (non-hydrogen) atoms. The normalized spacial score (nSPS) is 16.3. The van der Waals surface area contributed by atoms with E-state index in [1.54, 1.807) is 0 Å². The second kappa shape index (κ2) is 7.17. The van der Waals surface area contributed by atoms with E-state index in [0.29, 0.717) is 6.04 Å². The number of rotatable bonds is 6. The molecule has 0 heterocycles.